The van der Waals surface area contributed by atoms with Gasteiger partial charge in [-0.1, -0.05) is 6.42 Å². The van der Waals surface area contributed by atoms with Crippen LogP contribution in [0.1, 0.15) is 55.0 Å². The maximum Gasteiger partial charge on any atom is 0.328 e. The van der Waals surface area contributed by atoms with E-state index < -0.39 is 12.0 Å². The molecule has 3 heterocycles. The number of carboxylic acid groups (broad SMARTS) is 1. The van der Waals surface area contributed by atoms with E-state index in [1.165, 1.54) is 12.8 Å². The van der Waals surface area contributed by atoms with Gasteiger partial charge in [0.05, 0.1) is 5.25 Å². The monoisotopic (exact) mass is 267 g/mol. The minimum absolute atomic E-state index is 0.367. The number of hydrogen-bond acceptors (Lipinski definition) is 4. The van der Waals surface area contributed by atoms with E-state index in [9.17, 15) is 9.90 Å². The Labute approximate surface area is 110 Å². The normalized spacial score (nSPS) is 27.8. The minimum atomic E-state index is -0.788. The maximum absolute atomic E-state index is 11.2. The number of hydrogen-bond donors (Lipinski definition) is 1. The van der Waals surface area contributed by atoms with E-state index >= 15 is 0 Å². The standard InChI is InChI=1S/C12H17N3O2S/c16-12(17)8-4-3-6-10-13-11(14-15(8)10)9-5-1-2-7-18-9/h8-9H,1-7H2,(H,16,17). The Balaban J connectivity index is 1.88. The summed E-state index contributed by atoms with van der Waals surface area (Å²) in [7, 11) is 0. The second-order valence-corrected chi connectivity index (χ2v) is 6.24. The van der Waals surface area contributed by atoms with E-state index in [-0.39, 0.29) is 0 Å². The Hall–Kier alpha value is -1.04. The van der Waals surface area contributed by atoms with Crippen molar-refractivity contribution >= 4 is 17.7 Å². The molecule has 2 aliphatic heterocycles. The molecule has 2 atom stereocenters. The van der Waals surface area contributed by atoms with Crippen LogP contribution in [0.5, 0.6) is 0 Å². The first-order valence-corrected chi connectivity index (χ1v) is 7.60. The molecule has 0 aliphatic carbocycles. The van der Waals surface area contributed by atoms with Crippen LogP contribution in [0.2, 0.25) is 0 Å². The highest BCUT2D eigenvalue weighted by Gasteiger charge is 2.30. The van der Waals surface area contributed by atoms with Gasteiger partial charge in [-0.25, -0.2) is 14.5 Å². The number of nitrogens with zero attached hydrogens (tertiary/aromatic N) is 3. The first-order chi connectivity index (χ1) is 8.75. The highest BCUT2D eigenvalue weighted by molar-refractivity contribution is 7.99. The van der Waals surface area contributed by atoms with E-state index in [4.69, 9.17) is 0 Å². The number of carbonyl (C=O) groups is 1. The number of fused-ring (bicyclic) bond motifs is 1. The number of rotatable bonds is 2. The molecule has 3 rings (SSSR count). The quantitative estimate of drug-likeness (QED) is 0.889. The van der Waals surface area contributed by atoms with E-state index in [2.05, 4.69) is 10.1 Å². The number of aromatic nitrogens is 3. The molecule has 1 aromatic rings. The molecule has 0 radical (unpaired) electrons. The van der Waals surface area contributed by atoms with Gasteiger partial charge in [-0.3, -0.25) is 0 Å². The van der Waals surface area contributed by atoms with Crippen LogP contribution in [0, 0.1) is 0 Å². The molecular formula is C12H17N3O2S. The summed E-state index contributed by atoms with van der Waals surface area (Å²) in [4.78, 5) is 15.8. The maximum atomic E-state index is 11.2. The molecular weight excluding hydrogens is 250 g/mol. The largest absolute Gasteiger partial charge is 0.480 e. The second-order valence-electron chi connectivity index (χ2n) is 4.93. The summed E-state index contributed by atoms with van der Waals surface area (Å²) in [5.41, 5.74) is 0. The van der Waals surface area contributed by atoms with Gasteiger partial charge in [0.1, 0.15) is 5.82 Å². The fourth-order valence-corrected chi connectivity index (χ4v) is 3.92. The van der Waals surface area contributed by atoms with Crippen LogP contribution in [0.3, 0.4) is 0 Å². The summed E-state index contributed by atoms with van der Waals surface area (Å²) in [6.45, 7) is 0. The van der Waals surface area contributed by atoms with Crippen molar-refractivity contribution in [2.45, 2.75) is 49.8 Å². The van der Waals surface area contributed by atoms with Gasteiger partial charge < -0.3 is 5.11 Å². The molecule has 98 valence electrons. The predicted octanol–water partition coefficient (Wildman–Crippen LogP) is 2.20. The fraction of sp³-hybridized carbons (Fsp3) is 0.750. The summed E-state index contributed by atoms with van der Waals surface area (Å²) in [6, 6.07) is -0.511. The molecule has 2 aliphatic rings. The molecule has 18 heavy (non-hydrogen) atoms. The summed E-state index contributed by atoms with van der Waals surface area (Å²) < 4.78 is 1.65. The van der Waals surface area contributed by atoms with Crippen LogP contribution in [0.4, 0.5) is 0 Å². The van der Waals surface area contributed by atoms with Crippen LogP contribution in [0.15, 0.2) is 0 Å². The third-order valence-electron chi connectivity index (χ3n) is 3.64. The fourth-order valence-electron chi connectivity index (χ4n) is 2.68. The summed E-state index contributed by atoms with van der Waals surface area (Å²) in [6.07, 6.45) is 6.03. The van der Waals surface area contributed by atoms with Crippen LogP contribution in [-0.4, -0.2) is 31.6 Å². The molecule has 1 fully saturated rings. The molecule has 1 N–H and O–H groups in total. The SMILES string of the molecule is O=C(O)C1CCCc2nc(C3CCCCS3)nn21. The molecule has 0 amide bonds. The molecule has 1 aromatic heterocycles. The van der Waals surface area contributed by atoms with Gasteiger partial charge in [-0.15, -0.1) is 0 Å². The van der Waals surface area contributed by atoms with E-state index in [1.54, 1.807) is 4.68 Å². The van der Waals surface area contributed by atoms with Crippen molar-refractivity contribution in [3.05, 3.63) is 11.6 Å². The van der Waals surface area contributed by atoms with Gasteiger partial charge >= 0.3 is 5.97 Å². The molecule has 1 saturated heterocycles. The number of aryl methyl sites for hydroxylation is 1. The molecule has 2 unspecified atom stereocenters. The summed E-state index contributed by atoms with van der Waals surface area (Å²) in [5, 5.41) is 14.1. The lowest BCUT2D eigenvalue weighted by Gasteiger charge is -2.19. The average molecular weight is 267 g/mol. The van der Waals surface area contributed by atoms with Crippen molar-refractivity contribution in [2.75, 3.05) is 5.75 Å². The first-order valence-electron chi connectivity index (χ1n) is 6.55. The van der Waals surface area contributed by atoms with E-state index in [0.717, 1.165) is 36.7 Å². The molecule has 0 spiro atoms. The minimum Gasteiger partial charge on any atom is -0.480 e. The van der Waals surface area contributed by atoms with Crippen LogP contribution in [-0.2, 0) is 11.2 Å². The first kappa shape index (κ1) is 12.0. The highest BCUT2D eigenvalue weighted by Crippen LogP contribution is 2.37. The predicted molar refractivity (Wildman–Crippen MR) is 68.7 cm³/mol. The van der Waals surface area contributed by atoms with Gasteiger partial charge in [-0.2, -0.15) is 16.9 Å². The van der Waals surface area contributed by atoms with Gasteiger partial charge in [0.25, 0.3) is 0 Å². The number of carboxylic acids is 1. The lowest BCUT2D eigenvalue weighted by Crippen LogP contribution is -2.26. The van der Waals surface area contributed by atoms with Gasteiger partial charge in [0, 0.05) is 6.42 Å². The Morgan fingerprint density at radius 1 is 1.33 bits per heavy atom. The third-order valence-corrected chi connectivity index (χ3v) is 5.02. The van der Waals surface area contributed by atoms with Crippen molar-refractivity contribution in [1.29, 1.82) is 0 Å². The highest BCUT2D eigenvalue weighted by atomic mass is 32.2. The van der Waals surface area contributed by atoms with Crippen molar-refractivity contribution in [3.8, 4) is 0 Å². The Kier molecular flexibility index (Phi) is 3.28. The summed E-state index contributed by atoms with van der Waals surface area (Å²) in [5.74, 6) is 2.08. The molecule has 0 saturated carbocycles. The van der Waals surface area contributed by atoms with Crippen molar-refractivity contribution in [3.63, 3.8) is 0 Å². The van der Waals surface area contributed by atoms with Gasteiger partial charge in [0.15, 0.2) is 11.9 Å². The Bertz CT molecular complexity index is 454. The zero-order valence-corrected chi connectivity index (χ0v) is 11.0. The van der Waals surface area contributed by atoms with Crippen molar-refractivity contribution < 1.29 is 9.90 Å². The molecule has 0 aromatic carbocycles. The lowest BCUT2D eigenvalue weighted by molar-refractivity contribution is -0.141. The Morgan fingerprint density at radius 3 is 2.94 bits per heavy atom. The number of thioether (sulfide) groups is 1. The lowest BCUT2D eigenvalue weighted by atomic mass is 10.1. The topological polar surface area (TPSA) is 68.0 Å². The smallest absolute Gasteiger partial charge is 0.328 e. The van der Waals surface area contributed by atoms with Gasteiger partial charge in [-0.05, 0) is 31.4 Å². The van der Waals surface area contributed by atoms with E-state index in [0.29, 0.717) is 11.7 Å². The van der Waals surface area contributed by atoms with E-state index in [1.807, 2.05) is 11.8 Å². The zero-order valence-electron chi connectivity index (χ0n) is 10.2. The van der Waals surface area contributed by atoms with Gasteiger partial charge in [0.2, 0.25) is 0 Å². The van der Waals surface area contributed by atoms with Crippen LogP contribution < -0.4 is 0 Å². The molecule has 0 bridgehead atoms. The Morgan fingerprint density at radius 2 is 2.22 bits per heavy atom. The van der Waals surface area contributed by atoms with Crippen LogP contribution in [0.25, 0.3) is 0 Å². The second kappa shape index (κ2) is 4.91. The molecule has 6 heteroatoms. The van der Waals surface area contributed by atoms with Crippen LogP contribution >= 0.6 is 11.8 Å². The zero-order chi connectivity index (χ0) is 12.5. The van der Waals surface area contributed by atoms with Crippen molar-refractivity contribution in [1.82, 2.24) is 14.8 Å². The van der Waals surface area contributed by atoms with Crippen molar-refractivity contribution in [2.24, 2.45) is 0 Å². The third kappa shape index (κ3) is 2.13. The summed E-state index contributed by atoms with van der Waals surface area (Å²) >= 11 is 1.90. The average Bonchev–Trinajstić information content (AvgIpc) is 2.83. The number of aliphatic carboxylic acids is 1. The molecule has 5 nitrogen and oxygen atoms in total.